The summed E-state index contributed by atoms with van der Waals surface area (Å²) in [5, 5.41) is 12.7. The molecule has 0 saturated heterocycles. The van der Waals surface area contributed by atoms with Gasteiger partial charge in [-0.2, -0.15) is 5.10 Å². The van der Waals surface area contributed by atoms with Crippen molar-refractivity contribution in [3.63, 3.8) is 0 Å². The third-order valence-electron chi connectivity index (χ3n) is 2.70. The highest BCUT2D eigenvalue weighted by molar-refractivity contribution is 7.13. The molecule has 0 bridgehead atoms. The molecule has 3 rings (SSSR count). The first-order valence-corrected chi connectivity index (χ1v) is 6.97. The number of nitrogens with zero attached hydrogens (tertiary/aromatic N) is 3. The molecule has 3 aromatic heterocycles. The van der Waals surface area contributed by atoms with Crippen LogP contribution in [0.2, 0.25) is 0 Å². The van der Waals surface area contributed by atoms with Crippen LogP contribution in [0.25, 0.3) is 10.6 Å². The summed E-state index contributed by atoms with van der Waals surface area (Å²) < 4.78 is 6.57. The van der Waals surface area contributed by atoms with E-state index in [2.05, 4.69) is 15.6 Å². The molecule has 0 aliphatic rings. The fourth-order valence-corrected chi connectivity index (χ4v) is 2.44. The molecule has 0 aliphatic carbocycles. The van der Waals surface area contributed by atoms with Crippen LogP contribution in [0.3, 0.4) is 0 Å². The summed E-state index contributed by atoms with van der Waals surface area (Å²) in [4.78, 5) is 12.7. The number of amides is 1. The Balaban J connectivity index is 1.53. The van der Waals surface area contributed by atoms with Crippen LogP contribution in [0.15, 0.2) is 46.6 Å². The first kappa shape index (κ1) is 12.6. The highest BCUT2D eigenvalue weighted by Gasteiger charge is 2.08. The quantitative estimate of drug-likeness (QED) is 0.779. The number of rotatable bonds is 5. The molecule has 0 saturated carbocycles. The van der Waals surface area contributed by atoms with Crippen molar-refractivity contribution in [1.82, 2.24) is 20.3 Å². The number of hydrogen-bond acceptors (Lipinski definition) is 5. The van der Waals surface area contributed by atoms with Gasteiger partial charge in [-0.25, -0.2) is 0 Å². The van der Waals surface area contributed by atoms with E-state index in [9.17, 15) is 4.79 Å². The van der Waals surface area contributed by atoms with E-state index in [4.69, 9.17) is 4.52 Å². The molecular weight excluding hydrogens is 276 g/mol. The third-order valence-corrected chi connectivity index (χ3v) is 3.59. The fraction of sp³-hybridized carbons (Fsp3) is 0.154. The molecule has 0 aliphatic heterocycles. The van der Waals surface area contributed by atoms with Crippen molar-refractivity contribution in [1.29, 1.82) is 0 Å². The minimum Gasteiger partial charge on any atom is -0.351 e. The topological polar surface area (TPSA) is 73.0 Å². The van der Waals surface area contributed by atoms with Crippen LogP contribution in [-0.4, -0.2) is 27.4 Å². The minimum absolute atomic E-state index is 0.213. The maximum absolute atomic E-state index is 11.6. The van der Waals surface area contributed by atoms with Crippen molar-refractivity contribution in [3.8, 4) is 10.6 Å². The lowest BCUT2D eigenvalue weighted by Crippen LogP contribution is -2.27. The molecule has 1 N–H and O–H groups in total. The summed E-state index contributed by atoms with van der Waals surface area (Å²) in [7, 11) is 0. The zero-order chi connectivity index (χ0) is 13.8. The molecule has 0 spiro atoms. The van der Waals surface area contributed by atoms with Crippen LogP contribution in [0.4, 0.5) is 0 Å². The van der Waals surface area contributed by atoms with Crippen LogP contribution in [0.1, 0.15) is 10.6 Å². The normalized spacial score (nSPS) is 10.6. The predicted molar refractivity (Wildman–Crippen MR) is 74.4 cm³/mol. The number of carbonyl (C=O) groups is 1. The standard InChI is InChI=1S/C13H12N4O2S/c18-13(11-3-5-15-19-11)14-6-8-17-7-4-10(16-17)12-2-1-9-20-12/h1-5,7,9H,6,8H2,(H,14,18). The van der Waals surface area contributed by atoms with Gasteiger partial charge in [0.25, 0.3) is 5.91 Å². The number of nitrogens with one attached hydrogen (secondary N) is 1. The van der Waals surface area contributed by atoms with Gasteiger partial charge in [0.15, 0.2) is 0 Å². The van der Waals surface area contributed by atoms with E-state index in [0.717, 1.165) is 10.6 Å². The molecule has 20 heavy (non-hydrogen) atoms. The van der Waals surface area contributed by atoms with E-state index in [-0.39, 0.29) is 11.7 Å². The Labute approximate surface area is 119 Å². The van der Waals surface area contributed by atoms with Crippen molar-refractivity contribution < 1.29 is 9.32 Å². The molecule has 0 aromatic carbocycles. The molecule has 7 heteroatoms. The van der Waals surface area contributed by atoms with E-state index in [0.29, 0.717) is 13.1 Å². The summed E-state index contributed by atoms with van der Waals surface area (Å²) in [6.45, 7) is 1.08. The molecule has 102 valence electrons. The lowest BCUT2D eigenvalue weighted by Gasteiger charge is -2.02. The molecule has 0 unspecified atom stereocenters. The van der Waals surface area contributed by atoms with Crippen LogP contribution in [0, 0.1) is 0 Å². The Morgan fingerprint density at radius 1 is 1.40 bits per heavy atom. The molecule has 0 atom stereocenters. The Morgan fingerprint density at radius 2 is 2.35 bits per heavy atom. The van der Waals surface area contributed by atoms with Crippen LogP contribution in [-0.2, 0) is 6.54 Å². The minimum atomic E-state index is -0.270. The first-order chi connectivity index (χ1) is 9.83. The van der Waals surface area contributed by atoms with Gasteiger partial charge in [0, 0.05) is 18.8 Å². The first-order valence-electron chi connectivity index (χ1n) is 6.09. The van der Waals surface area contributed by atoms with Crippen LogP contribution in [0.5, 0.6) is 0 Å². The number of aromatic nitrogens is 3. The second-order valence-electron chi connectivity index (χ2n) is 4.07. The second kappa shape index (κ2) is 5.70. The zero-order valence-corrected chi connectivity index (χ0v) is 11.3. The molecule has 3 heterocycles. The largest absolute Gasteiger partial charge is 0.351 e. The monoisotopic (exact) mass is 288 g/mol. The molecule has 0 fully saturated rings. The van der Waals surface area contributed by atoms with Gasteiger partial charge in [0.05, 0.1) is 17.6 Å². The van der Waals surface area contributed by atoms with E-state index in [1.165, 1.54) is 12.3 Å². The van der Waals surface area contributed by atoms with Gasteiger partial charge in [-0.1, -0.05) is 11.2 Å². The van der Waals surface area contributed by atoms with Crippen molar-refractivity contribution in [2.75, 3.05) is 6.54 Å². The third kappa shape index (κ3) is 2.77. The molecule has 1 amide bonds. The van der Waals surface area contributed by atoms with Crippen molar-refractivity contribution in [2.24, 2.45) is 0 Å². The predicted octanol–water partition coefficient (Wildman–Crippen LogP) is 2.03. The van der Waals surface area contributed by atoms with Gasteiger partial charge in [-0.05, 0) is 17.5 Å². The highest BCUT2D eigenvalue weighted by atomic mass is 32.1. The summed E-state index contributed by atoms with van der Waals surface area (Å²) in [5.41, 5.74) is 0.946. The van der Waals surface area contributed by atoms with Crippen LogP contribution < -0.4 is 5.32 Å². The smallest absolute Gasteiger partial charge is 0.289 e. The lowest BCUT2D eigenvalue weighted by atomic mass is 10.3. The van der Waals surface area contributed by atoms with E-state index < -0.39 is 0 Å². The summed E-state index contributed by atoms with van der Waals surface area (Å²) in [6, 6.07) is 7.52. The number of hydrogen-bond donors (Lipinski definition) is 1. The van der Waals surface area contributed by atoms with E-state index in [1.807, 2.05) is 29.8 Å². The van der Waals surface area contributed by atoms with Gasteiger partial charge in [-0.15, -0.1) is 11.3 Å². The number of thiophene rings is 1. The zero-order valence-electron chi connectivity index (χ0n) is 10.5. The van der Waals surface area contributed by atoms with E-state index in [1.54, 1.807) is 16.0 Å². The maximum Gasteiger partial charge on any atom is 0.289 e. The average Bonchev–Trinajstić information content (AvgIpc) is 3.20. The van der Waals surface area contributed by atoms with E-state index >= 15 is 0 Å². The molecule has 0 radical (unpaired) electrons. The van der Waals surface area contributed by atoms with Gasteiger partial charge < -0.3 is 9.84 Å². The molecule has 6 nitrogen and oxygen atoms in total. The Kier molecular flexibility index (Phi) is 3.60. The van der Waals surface area contributed by atoms with Gasteiger partial charge >= 0.3 is 0 Å². The Bertz CT molecular complexity index is 673. The lowest BCUT2D eigenvalue weighted by molar-refractivity contribution is 0.0915. The summed E-state index contributed by atoms with van der Waals surface area (Å²) in [5.74, 6) is -0.0575. The Hall–Kier alpha value is -2.41. The fourth-order valence-electron chi connectivity index (χ4n) is 1.75. The maximum atomic E-state index is 11.6. The molecular formula is C13H12N4O2S. The van der Waals surface area contributed by atoms with Gasteiger partial charge in [0.2, 0.25) is 5.76 Å². The van der Waals surface area contributed by atoms with Crippen LogP contribution >= 0.6 is 11.3 Å². The highest BCUT2D eigenvalue weighted by Crippen LogP contribution is 2.22. The van der Waals surface area contributed by atoms with Gasteiger partial charge in [-0.3, -0.25) is 9.48 Å². The van der Waals surface area contributed by atoms with Crippen molar-refractivity contribution in [3.05, 3.63) is 47.8 Å². The van der Waals surface area contributed by atoms with Gasteiger partial charge in [0.1, 0.15) is 5.69 Å². The molecule has 3 aromatic rings. The van der Waals surface area contributed by atoms with Crippen molar-refractivity contribution >= 4 is 17.2 Å². The summed E-state index contributed by atoms with van der Waals surface area (Å²) in [6.07, 6.45) is 3.34. The Morgan fingerprint density at radius 3 is 3.10 bits per heavy atom. The van der Waals surface area contributed by atoms with Crippen molar-refractivity contribution in [2.45, 2.75) is 6.54 Å². The number of carbonyl (C=O) groups excluding carboxylic acids is 1. The summed E-state index contributed by atoms with van der Waals surface area (Å²) >= 11 is 1.65. The SMILES string of the molecule is O=C(NCCn1ccc(-c2cccs2)n1)c1ccno1. The second-order valence-corrected chi connectivity index (χ2v) is 5.02. The average molecular weight is 288 g/mol.